The van der Waals surface area contributed by atoms with Crippen LogP contribution in [0.5, 0.6) is 0 Å². The Morgan fingerprint density at radius 3 is 2.41 bits per heavy atom. The minimum atomic E-state index is -0.347. The maximum absolute atomic E-state index is 11.2. The summed E-state index contributed by atoms with van der Waals surface area (Å²) in [5.74, 6) is -0.347. The van der Waals surface area contributed by atoms with Crippen LogP contribution in [0, 0.1) is 13.8 Å². The SMILES string of the molecule is CCOC(=O)/C=C/c1c(C)nc(SC)nc1C. The predicted octanol–water partition coefficient (Wildman–Crippen LogP) is 2.39. The first-order chi connectivity index (χ1) is 8.08. The summed E-state index contributed by atoms with van der Waals surface area (Å²) < 4.78 is 4.82. The predicted molar refractivity (Wildman–Crippen MR) is 69.0 cm³/mol. The highest BCUT2D eigenvalue weighted by Crippen LogP contribution is 2.16. The van der Waals surface area contributed by atoms with Crippen molar-refractivity contribution in [1.29, 1.82) is 0 Å². The van der Waals surface area contributed by atoms with Crippen molar-refractivity contribution < 1.29 is 9.53 Å². The number of nitrogens with zero attached hydrogens (tertiary/aromatic N) is 2. The summed E-state index contributed by atoms with van der Waals surface area (Å²) in [4.78, 5) is 19.9. The molecule has 0 fully saturated rings. The molecule has 0 unspecified atom stereocenters. The van der Waals surface area contributed by atoms with Gasteiger partial charge in [0.15, 0.2) is 5.16 Å². The molecule has 0 amide bonds. The van der Waals surface area contributed by atoms with Crippen LogP contribution in [0.15, 0.2) is 11.2 Å². The van der Waals surface area contributed by atoms with Gasteiger partial charge in [0.05, 0.1) is 6.61 Å². The van der Waals surface area contributed by atoms with Gasteiger partial charge in [0.1, 0.15) is 0 Å². The topological polar surface area (TPSA) is 52.1 Å². The van der Waals surface area contributed by atoms with Crippen molar-refractivity contribution in [2.24, 2.45) is 0 Å². The second kappa shape index (κ2) is 6.39. The lowest BCUT2D eigenvalue weighted by atomic mass is 10.1. The highest BCUT2D eigenvalue weighted by molar-refractivity contribution is 7.98. The van der Waals surface area contributed by atoms with Crippen molar-refractivity contribution in [3.8, 4) is 0 Å². The van der Waals surface area contributed by atoms with Crippen molar-refractivity contribution in [2.45, 2.75) is 25.9 Å². The van der Waals surface area contributed by atoms with Crippen LogP contribution in [-0.2, 0) is 9.53 Å². The van der Waals surface area contributed by atoms with E-state index in [0.29, 0.717) is 6.61 Å². The first-order valence-electron chi connectivity index (χ1n) is 5.32. The Labute approximate surface area is 105 Å². The van der Waals surface area contributed by atoms with Gasteiger partial charge in [-0.1, -0.05) is 11.8 Å². The molecule has 0 aromatic carbocycles. The zero-order valence-electron chi connectivity index (χ0n) is 10.5. The van der Waals surface area contributed by atoms with E-state index in [2.05, 4.69) is 9.97 Å². The number of thioether (sulfide) groups is 1. The lowest BCUT2D eigenvalue weighted by Crippen LogP contribution is -2.01. The van der Waals surface area contributed by atoms with Gasteiger partial charge in [-0.3, -0.25) is 0 Å². The van der Waals surface area contributed by atoms with E-state index in [0.717, 1.165) is 22.1 Å². The van der Waals surface area contributed by atoms with E-state index in [4.69, 9.17) is 4.74 Å². The maximum atomic E-state index is 11.2. The number of esters is 1. The summed E-state index contributed by atoms with van der Waals surface area (Å²) in [5, 5.41) is 0.744. The van der Waals surface area contributed by atoms with Crippen molar-refractivity contribution in [3.63, 3.8) is 0 Å². The smallest absolute Gasteiger partial charge is 0.330 e. The molecule has 0 saturated carbocycles. The third kappa shape index (κ3) is 3.85. The third-order valence-corrected chi connectivity index (χ3v) is 2.71. The highest BCUT2D eigenvalue weighted by atomic mass is 32.2. The Morgan fingerprint density at radius 2 is 1.94 bits per heavy atom. The van der Waals surface area contributed by atoms with E-state index in [-0.39, 0.29) is 5.97 Å². The van der Waals surface area contributed by atoms with Crippen LogP contribution in [0.3, 0.4) is 0 Å². The molecule has 1 aromatic heterocycles. The zero-order chi connectivity index (χ0) is 12.8. The number of carbonyl (C=O) groups excluding carboxylic acids is 1. The molecule has 0 aliphatic heterocycles. The van der Waals surface area contributed by atoms with Gasteiger partial charge in [0, 0.05) is 23.0 Å². The standard InChI is InChI=1S/C12H16N2O2S/c1-5-16-11(15)7-6-10-8(2)13-12(17-4)14-9(10)3/h6-7H,5H2,1-4H3/b7-6+. The molecule has 0 saturated heterocycles. The largest absolute Gasteiger partial charge is 0.463 e. The van der Waals surface area contributed by atoms with Gasteiger partial charge in [0.2, 0.25) is 0 Å². The van der Waals surface area contributed by atoms with Crippen molar-refractivity contribution in [2.75, 3.05) is 12.9 Å². The number of hydrogen-bond donors (Lipinski definition) is 0. The van der Waals surface area contributed by atoms with Crippen LogP contribution >= 0.6 is 11.8 Å². The molecule has 5 heteroatoms. The fourth-order valence-electron chi connectivity index (χ4n) is 1.37. The van der Waals surface area contributed by atoms with E-state index in [1.165, 1.54) is 17.8 Å². The van der Waals surface area contributed by atoms with E-state index in [9.17, 15) is 4.79 Å². The Morgan fingerprint density at radius 1 is 1.35 bits per heavy atom. The zero-order valence-corrected chi connectivity index (χ0v) is 11.3. The maximum Gasteiger partial charge on any atom is 0.330 e. The van der Waals surface area contributed by atoms with Crippen LogP contribution in [-0.4, -0.2) is 28.8 Å². The molecule has 0 aliphatic carbocycles. The normalized spacial score (nSPS) is 10.8. The van der Waals surface area contributed by atoms with Crippen LogP contribution < -0.4 is 0 Å². The summed E-state index contributed by atoms with van der Waals surface area (Å²) in [7, 11) is 0. The van der Waals surface area contributed by atoms with Crippen molar-refractivity contribution in [1.82, 2.24) is 9.97 Å². The van der Waals surface area contributed by atoms with E-state index >= 15 is 0 Å². The molecule has 0 N–H and O–H groups in total. The molecular formula is C12H16N2O2S. The first-order valence-corrected chi connectivity index (χ1v) is 6.55. The number of hydrogen-bond acceptors (Lipinski definition) is 5. The van der Waals surface area contributed by atoms with E-state index < -0.39 is 0 Å². The summed E-state index contributed by atoms with van der Waals surface area (Å²) >= 11 is 1.50. The molecule has 17 heavy (non-hydrogen) atoms. The van der Waals surface area contributed by atoms with Gasteiger partial charge in [-0.25, -0.2) is 14.8 Å². The molecule has 0 aliphatic rings. The van der Waals surface area contributed by atoms with E-state index in [1.54, 1.807) is 13.0 Å². The van der Waals surface area contributed by atoms with Crippen LogP contribution in [0.1, 0.15) is 23.9 Å². The highest BCUT2D eigenvalue weighted by Gasteiger charge is 2.05. The Kier molecular flexibility index (Phi) is 5.15. The Hall–Kier alpha value is -1.36. The minimum Gasteiger partial charge on any atom is -0.463 e. The lowest BCUT2D eigenvalue weighted by Gasteiger charge is -2.05. The van der Waals surface area contributed by atoms with Gasteiger partial charge in [0.25, 0.3) is 0 Å². The monoisotopic (exact) mass is 252 g/mol. The van der Waals surface area contributed by atoms with E-state index in [1.807, 2.05) is 20.1 Å². The number of aromatic nitrogens is 2. The van der Waals surface area contributed by atoms with Crippen molar-refractivity contribution in [3.05, 3.63) is 23.0 Å². The van der Waals surface area contributed by atoms with Crippen LogP contribution in [0.2, 0.25) is 0 Å². The second-order valence-corrected chi connectivity index (χ2v) is 4.15. The fourth-order valence-corrected chi connectivity index (χ4v) is 1.82. The van der Waals surface area contributed by atoms with Gasteiger partial charge < -0.3 is 4.74 Å². The summed E-state index contributed by atoms with van der Waals surface area (Å²) in [6, 6.07) is 0. The number of rotatable bonds is 4. The lowest BCUT2D eigenvalue weighted by molar-refractivity contribution is -0.137. The first kappa shape index (κ1) is 13.7. The molecule has 1 heterocycles. The molecule has 0 spiro atoms. The Balaban J connectivity index is 2.95. The fraction of sp³-hybridized carbons (Fsp3) is 0.417. The Bertz CT molecular complexity index is 421. The number of ether oxygens (including phenoxy) is 1. The molecular weight excluding hydrogens is 236 g/mol. The summed E-state index contributed by atoms with van der Waals surface area (Å²) in [6.45, 7) is 5.96. The second-order valence-electron chi connectivity index (χ2n) is 3.38. The molecule has 0 bridgehead atoms. The average Bonchev–Trinajstić information content (AvgIpc) is 2.28. The summed E-state index contributed by atoms with van der Waals surface area (Å²) in [5.41, 5.74) is 2.60. The molecule has 0 radical (unpaired) electrons. The molecule has 0 atom stereocenters. The minimum absolute atomic E-state index is 0.347. The quantitative estimate of drug-likeness (QED) is 0.356. The van der Waals surface area contributed by atoms with Gasteiger partial charge in [-0.2, -0.15) is 0 Å². The van der Waals surface area contributed by atoms with Gasteiger partial charge >= 0.3 is 5.97 Å². The van der Waals surface area contributed by atoms with Gasteiger partial charge in [-0.05, 0) is 33.1 Å². The third-order valence-electron chi connectivity index (χ3n) is 2.16. The molecule has 1 rings (SSSR count). The molecule has 1 aromatic rings. The van der Waals surface area contributed by atoms with Crippen LogP contribution in [0.4, 0.5) is 0 Å². The van der Waals surface area contributed by atoms with Gasteiger partial charge in [-0.15, -0.1) is 0 Å². The number of carbonyl (C=O) groups is 1. The summed E-state index contributed by atoms with van der Waals surface area (Å²) in [6.07, 6.45) is 5.04. The number of aryl methyl sites for hydroxylation is 2. The van der Waals surface area contributed by atoms with Crippen LogP contribution in [0.25, 0.3) is 6.08 Å². The molecule has 4 nitrogen and oxygen atoms in total. The van der Waals surface area contributed by atoms with Crippen molar-refractivity contribution >= 4 is 23.8 Å². The molecule has 92 valence electrons. The average molecular weight is 252 g/mol.